The number of alkyl halides is 6. The van der Waals surface area contributed by atoms with E-state index in [1.54, 1.807) is 20.8 Å². The van der Waals surface area contributed by atoms with E-state index in [0.717, 1.165) is 12.8 Å². The van der Waals surface area contributed by atoms with Crippen LogP contribution in [0.3, 0.4) is 0 Å². The van der Waals surface area contributed by atoms with Crippen molar-refractivity contribution >= 4 is 5.97 Å². The molecule has 0 amide bonds. The third-order valence-electron chi connectivity index (χ3n) is 9.03. The van der Waals surface area contributed by atoms with Crippen molar-refractivity contribution in [3.05, 3.63) is 12.2 Å². The van der Waals surface area contributed by atoms with E-state index in [-0.39, 0.29) is 42.3 Å². The fourth-order valence-electron chi connectivity index (χ4n) is 7.61. The van der Waals surface area contributed by atoms with E-state index in [1.165, 1.54) is 0 Å². The van der Waals surface area contributed by atoms with Gasteiger partial charge in [0.25, 0.3) is 5.60 Å². The lowest BCUT2D eigenvalue weighted by Gasteiger charge is -2.66. The first-order valence-electron chi connectivity index (χ1n) is 12.2. The second-order valence-corrected chi connectivity index (χ2v) is 11.4. The Balaban J connectivity index is 2.01. The fourth-order valence-corrected chi connectivity index (χ4v) is 7.61. The van der Waals surface area contributed by atoms with Crippen molar-refractivity contribution in [2.75, 3.05) is 0 Å². The molecule has 4 saturated carbocycles. The highest BCUT2D eigenvalue weighted by atomic mass is 19.4. The van der Waals surface area contributed by atoms with Gasteiger partial charge >= 0.3 is 18.3 Å². The summed E-state index contributed by atoms with van der Waals surface area (Å²) in [5, 5.41) is 10.2. The van der Waals surface area contributed by atoms with E-state index in [9.17, 15) is 36.2 Å². The average molecular weight is 515 g/mol. The first kappa shape index (κ1) is 28.3. The Morgan fingerprint density at radius 2 is 1.43 bits per heavy atom. The van der Waals surface area contributed by atoms with E-state index >= 15 is 0 Å². The first-order valence-corrected chi connectivity index (χ1v) is 12.2. The quantitative estimate of drug-likeness (QED) is 0.228. The molecule has 0 radical (unpaired) electrons. The largest absolute Gasteiger partial charge is 0.458 e. The molecule has 0 heterocycles. The van der Waals surface area contributed by atoms with Crippen LogP contribution < -0.4 is 0 Å². The minimum atomic E-state index is -5.99. The van der Waals surface area contributed by atoms with Gasteiger partial charge in [-0.1, -0.05) is 20.4 Å². The van der Waals surface area contributed by atoms with Crippen molar-refractivity contribution in [3.63, 3.8) is 0 Å². The summed E-state index contributed by atoms with van der Waals surface area (Å²) in [7, 11) is 0. The normalized spacial score (nSPS) is 31.5. The third kappa shape index (κ3) is 4.20. The first-order chi connectivity index (χ1) is 15.8. The molecule has 0 saturated heterocycles. The van der Waals surface area contributed by atoms with Gasteiger partial charge in [0.2, 0.25) is 0 Å². The molecule has 10 heteroatoms. The summed E-state index contributed by atoms with van der Waals surface area (Å²) in [6, 6.07) is 0. The number of carbonyl (C=O) groups excluding carboxylic acids is 1. The van der Waals surface area contributed by atoms with Gasteiger partial charge in [0.05, 0.1) is 5.60 Å². The van der Waals surface area contributed by atoms with Gasteiger partial charge < -0.3 is 14.6 Å². The molecule has 0 aromatic rings. The van der Waals surface area contributed by atoms with Crippen LogP contribution >= 0.6 is 0 Å². The van der Waals surface area contributed by atoms with Crippen LogP contribution in [0.4, 0.5) is 26.3 Å². The third-order valence-corrected chi connectivity index (χ3v) is 9.03. The molecule has 4 aliphatic carbocycles. The summed E-state index contributed by atoms with van der Waals surface area (Å²) in [4.78, 5) is 12.2. The molecule has 0 aromatic carbocycles. The minimum absolute atomic E-state index is 0.0575. The molecule has 202 valence electrons. The zero-order chi connectivity index (χ0) is 26.8. The number of aliphatic hydroxyl groups is 1. The highest BCUT2D eigenvalue weighted by Crippen LogP contribution is 2.67. The van der Waals surface area contributed by atoms with Crippen LogP contribution in [-0.2, 0) is 14.3 Å². The second-order valence-electron chi connectivity index (χ2n) is 11.4. The maximum absolute atomic E-state index is 13.8. The van der Waals surface area contributed by atoms with Gasteiger partial charge in [-0.2, -0.15) is 26.3 Å². The smallest absolute Gasteiger partial charge is 0.429 e. The number of hydrogen-bond donors (Lipinski definition) is 1. The molecular weight excluding hydrogens is 478 g/mol. The van der Waals surface area contributed by atoms with Gasteiger partial charge in [0.1, 0.15) is 11.7 Å². The lowest BCUT2D eigenvalue weighted by Crippen LogP contribution is -2.73. The van der Waals surface area contributed by atoms with Crippen LogP contribution in [0, 0.1) is 23.2 Å². The summed E-state index contributed by atoms with van der Waals surface area (Å²) in [6.45, 7) is 9.93. The highest BCUT2D eigenvalue weighted by molar-refractivity contribution is 5.87. The molecule has 4 nitrogen and oxygen atoms in total. The van der Waals surface area contributed by atoms with Crippen LogP contribution in [0.25, 0.3) is 0 Å². The lowest BCUT2D eigenvalue weighted by atomic mass is 9.43. The number of ether oxygens (including phenoxy) is 2. The van der Waals surface area contributed by atoms with Crippen LogP contribution in [0.15, 0.2) is 12.2 Å². The monoisotopic (exact) mass is 514 g/mol. The Labute approximate surface area is 202 Å². The zero-order valence-electron chi connectivity index (χ0n) is 20.9. The van der Waals surface area contributed by atoms with Crippen molar-refractivity contribution in [1.82, 2.24) is 0 Å². The number of hydrogen-bond acceptors (Lipinski definition) is 4. The molecule has 2 atom stereocenters. The number of halogens is 6. The summed E-state index contributed by atoms with van der Waals surface area (Å²) in [5.74, 6) is -0.386. The van der Waals surface area contributed by atoms with E-state index in [0.29, 0.717) is 33.1 Å². The average Bonchev–Trinajstić information content (AvgIpc) is 2.71. The summed E-state index contributed by atoms with van der Waals surface area (Å²) in [6.07, 6.45) is -8.84. The molecular formula is C25H36F6O4. The zero-order valence-corrected chi connectivity index (χ0v) is 20.9. The highest BCUT2D eigenvalue weighted by Gasteiger charge is 2.79. The summed E-state index contributed by atoms with van der Waals surface area (Å²) in [5.41, 5.74) is -9.81. The Bertz CT molecular complexity index is 812. The van der Waals surface area contributed by atoms with Gasteiger partial charge in [-0.3, -0.25) is 0 Å². The van der Waals surface area contributed by atoms with Crippen molar-refractivity contribution in [1.29, 1.82) is 0 Å². The lowest BCUT2D eigenvalue weighted by molar-refractivity contribution is -0.428. The Morgan fingerprint density at radius 3 is 1.80 bits per heavy atom. The summed E-state index contributed by atoms with van der Waals surface area (Å²) >= 11 is 0. The van der Waals surface area contributed by atoms with Gasteiger partial charge in [0.15, 0.2) is 0 Å². The predicted molar refractivity (Wildman–Crippen MR) is 116 cm³/mol. The van der Waals surface area contributed by atoms with Gasteiger partial charge in [-0.15, -0.1) is 0 Å². The maximum Gasteiger partial charge on any atom is 0.429 e. The van der Waals surface area contributed by atoms with Crippen LogP contribution in [-0.4, -0.2) is 46.3 Å². The van der Waals surface area contributed by atoms with E-state index in [2.05, 4.69) is 6.58 Å². The molecule has 4 fully saturated rings. The second kappa shape index (κ2) is 8.64. The molecule has 0 aliphatic heterocycles. The number of esters is 1. The Morgan fingerprint density at radius 1 is 0.971 bits per heavy atom. The number of rotatable bonds is 8. The van der Waals surface area contributed by atoms with Crippen molar-refractivity contribution < 1.29 is 45.7 Å². The Kier molecular flexibility index (Phi) is 6.98. The van der Waals surface area contributed by atoms with E-state index < -0.39 is 40.5 Å². The van der Waals surface area contributed by atoms with E-state index in [1.807, 2.05) is 0 Å². The van der Waals surface area contributed by atoms with Crippen LogP contribution in [0.1, 0.15) is 79.6 Å². The van der Waals surface area contributed by atoms with Crippen molar-refractivity contribution in [2.24, 2.45) is 23.2 Å². The predicted octanol–water partition coefficient (Wildman–Crippen LogP) is 6.51. The molecule has 4 rings (SSSR count). The van der Waals surface area contributed by atoms with E-state index in [4.69, 9.17) is 9.47 Å². The molecule has 35 heavy (non-hydrogen) atoms. The van der Waals surface area contributed by atoms with Crippen molar-refractivity contribution in [2.45, 2.75) is 115 Å². The fraction of sp³-hybridized carbons (Fsp3) is 0.880. The van der Waals surface area contributed by atoms with Gasteiger partial charge in [-0.25, -0.2) is 4.79 Å². The van der Waals surface area contributed by atoms with Crippen LogP contribution in [0.5, 0.6) is 0 Å². The molecule has 4 aliphatic rings. The van der Waals surface area contributed by atoms with Crippen LogP contribution in [0.2, 0.25) is 0 Å². The standard InChI is InChI=1S/C25H36F6O4/c1-7-22(8-2,35-20(5,6)23(33,24(26,27)28)25(29,30)31)21-11-15-9-16(12-21)18(17(10-15)13-21)34-19(32)14(3)4/h15-18,33H,3,7-13H2,1-2,4-6H3. The molecule has 0 spiro atoms. The van der Waals surface area contributed by atoms with Gasteiger partial charge in [0, 0.05) is 11.0 Å². The molecule has 0 aromatic heterocycles. The SMILES string of the molecule is C=C(C)C(=O)OC1C2CC3CC1CC(C(CC)(CC)OC(C)(C)C(O)(C(F)(F)F)C(F)(F)F)(C3)C2. The molecule has 4 bridgehead atoms. The minimum Gasteiger partial charge on any atom is -0.458 e. The topological polar surface area (TPSA) is 55.8 Å². The molecule has 2 unspecified atom stereocenters. The Hall–Kier alpha value is -1.29. The number of carbonyl (C=O) groups is 1. The van der Waals surface area contributed by atoms with Crippen molar-refractivity contribution in [3.8, 4) is 0 Å². The van der Waals surface area contributed by atoms with Gasteiger partial charge in [-0.05, 0) is 83.5 Å². The summed E-state index contributed by atoms with van der Waals surface area (Å²) < 4.78 is 94.4. The molecule has 1 N–H and O–H groups in total. The maximum atomic E-state index is 13.8.